The van der Waals surface area contributed by atoms with E-state index in [2.05, 4.69) is 6.92 Å². The van der Waals surface area contributed by atoms with Crippen molar-refractivity contribution < 1.29 is 9.53 Å². The van der Waals surface area contributed by atoms with E-state index in [-0.39, 0.29) is 5.97 Å². The maximum Gasteiger partial charge on any atom is 0.330 e. The minimum absolute atomic E-state index is 0.241. The molecule has 0 aliphatic carbocycles. The third-order valence-electron chi connectivity index (χ3n) is 1.67. The molecule has 2 heteroatoms. The molecule has 13 heavy (non-hydrogen) atoms. The van der Waals surface area contributed by atoms with Gasteiger partial charge >= 0.3 is 5.97 Å². The summed E-state index contributed by atoms with van der Waals surface area (Å²) in [7, 11) is 0. The zero-order valence-corrected chi connectivity index (χ0v) is 8.58. The molecule has 0 aromatic carbocycles. The third kappa shape index (κ3) is 9.12. The van der Waals surface area contributed by atoms with Gasteiger partial charge in [0.15, 0.2) is 0 Å². The highest BCUT2D eigenvalue weighted by molar-refractivity contribution is 5.82. The van der Waals surface area contributed by atoms with Gasteiger partial charge in [-0.3, -0.25) is 0 Å². The van der Waals surface area contributed by atoms with Gasteiger partial charge in [-0.15, -0.1) is 0 Å². The number of hydrogen-bond acceptors (Lipinski definition) is 2. The van der Waals surface area contributed by atoms with E-state index in [1.165, 1.54) is 18.9 Å². The van der Waals surface area contributed by atoms with Crippen LogP contribution in [-0.2, 0) is 9.53 Å². The Morgan fingerprint density at radius 3 is 2.69 bits per heavy atom. The number of carbonyl (C=O) groups is 1. The molecule has 0 atom stereocenters. The summed E-state index contributed by atoms with van der Waals surface area (Å²) in [6.07, 6.45) is 9.48. The van der Waals surface area contributed by atoms with Crippen LogP contribution in [0.1, 0.15) is 39.5 Å². The highest BCUT2D eigenvalue weighted by Gasteiger charge is 1.94. The SMILES string of the molecule is C[CH]/C=C/C(=O)OCCCCCC. The molecule has 0 spiro atoms. The van der Waals surface area contributed by atoms with E-state index in [1.807, 2.05) is 6.92 Å². The van der Waals surface area contributed by atoms with Crippen LogP contribution in [-0.4, -0.2) is 12.6 Å². The molecule has 0 bridgehead atoms. The summed E-state index contributed by atoms with van der Waals surface area (Å²) >= 11 is 0. The van der Waals surface area contributed by atoms with E-state index in [4.69, 9.17) is 4.74 Å². The van der Waals surface area contributed by atoms with Crippen LogP contribution in [0.3, 0.4) is 0 Å². The number of ether oxygens (including phenoxy) is 1. The number of esters is 1. The van der Waals surface area contributed by atoms with Gasteiger partial charge in [0.1, 0.15) is 0 Å². The van der Waals surface area contributed by atoms with Gasteiger partial charge in [0, 0.05) is 6.08 Å². The van der Waals surface area contributed by atoms with Crippen molar-refractivity contribution in [1.29, 1.82) is 0 Å². The molecule has 0 rings (SSSR count). The van der Waals surface area contributed by atoms with E-state index >= 15 is 0 Å². The molecular formula is C11H19O2. The van der Waals surface area contributed by atoms with Crippen molar-refractivity contribution in [3.05, 3.63) is 18.6 Å². The fourth-order valence-electron chi connectivity index (χ4n) is 0.925. The van der Waals surface area contributed by atoms with Gasteiger partial charge in [-0.1, -0.05) is 39.2 Å². The molecule has 0 amide bonds. The molecule has 0 N–H and O–H groups in total. The first-order valence-corrected chi connectivity index (χ1v) is 4.94. The zero-order valence-electron chi connectivity index (χ0n) is 8.58. The zero-order chi connectivity index (χ0) is 9.94. The standard InChI is InChI=1S/C11H19O2/c1-3-5-7-8-10-13-11(12)9-6-4-2/h4,6,9H,3,5,7-8,10H2,1-2H3/b9-6+. The van der Waals surface area contributed by atoms with Crippen LogP contribution in [0.4, 0.5) is 0 Å². The van der Waals surface area contributed by atoms with E-state index < -0.39 is 0 Å². The van der Waals surface area contributed by atoms with Crippen LogP contribution in [0.2, 0.25) is 0 Å². The van der Waals surface area contributed by atoms with Crippen LogP contribution in [0.5, 0.6) is 0 Å². The van der Waals surface area contributed by atoms with E-state index in [1.54, 1.807) is 12.5 Å². The Hall–Kier alpha value is -0.790. The Labute approximate surface area is 81.0 Å². The van der Waals surface area contributed by atoms with Crippen molar-refractivity contribution in [3.8, 4) is 0 Å². The molecule has 75 valence electrons. The smallest absolute Gasteiger partial charge is 0.330 e. The van der Waals surface area contributed by atoms with E-state index in [9.17, 15) is 4.79 Å². The highest BCUT2D eigenvalue weighted by atomic mass is 16.5. The summed E-state index contributed by atoms with van der Waals surface area (Å²) in [4.78, 5) is 10.9. The van der Waals surface area contributed by atoms with Crippen LogP contribution in [0.25, 0.3) is 0 Å². The third-order valence-corrected chi connectivity index (χ3v) is 1.67. The van der Waals surface area contributed by atoms with Crippen LogP contribution < -0.4 is 0 Å². The minimum atomic E-state index is -0.241. The summed E-state index contributed by atoms with van der Waals surface area (Å²) in [5, 5.41) is 0. The van der Waals surface area contributed by atoms with Gasteiger partial charge in [0.2, 0.25) is 0 Å². The van der Waals surface area contributed by atoms with Gasteiger partial charge in [-0.2, -0.15) is 0 Å². The van der Waals surface area contributed by atoms with Crippen molar-refractivity contribution >= 4 is 5.97 Å². The Morgan fingerprint density at radius 1 is 1.31 bits per heavy atom. The van der Waals surface area contributed by atoms with Crippen LogP contribution >= 0.6 is 0 Å². The van der Waals surface area contributed by atoms with Crippen molar-refractivity contribution in [3.63, 3.8) is 0 Å². The van der Waals surface area contributed by atoms with Crippen molar-refractivity contribution in [2.75, 3.05) is 6.61 Å². The lowest BCUT2D eigenvalue weighted by Gasteiger charge is -2.00. The molecule has 0 aliphatic rings. The Morgan fingerprint density at radius 2 is 2.08 bits per heavy atom. The number of unbranched alkanes of at least 4 members (excludes halogenated alkanes) is 3. The maximum absolute atomic E-state index is 10.9. The van der Waals surface area contributed by atoms with Gasteiger partial charge in [-0.05, 0) is 12.8 Å². The van der Waals surface area contributed by atoms with Gasteiger partial charge in [0.25, 0.3) is 0 Å². The first-order chi connectivity index (χ1) is 6.31. The number of carbonyl (C=O) groups excluding carboxylic acids is 1. The lowest BCUT2D eigenvalue weighted by atomic mass is 10.2. The summed E-state index contributed by atoms with van der Waals surface area (Å²) in [5.74, 6) is -0.241. The quantitative estimate of drug-likeness (QED) is 0.344. The number of hydrogen-bond donors (Lipinski definition) is 0. The average molecular weight is 183 g/mol. The molecule has 1 radical (unpaired) electrons. The Bertz CT molecular complexity index is 150. The van der Waals surface area contributed by atoms with Gasteiger partial charge in [0.05, 0.1) is 6.61 Å². The summed E-state index contributed by atoms with van der Waals surface area (Å²) in [6.45, 7) is 4.57. The Balaban J connectivity index is 3.22. The normalized spacial score (nSPS) is 10.6. The van der Waals surface area contributed by atoms with Crippen molar-refractivity contribution in [1.82, 2.24) is 0 Å². The molecule has 0 fully saturated rings. The Kier molecular flexibility index (Phi) is 8.73. The second-order valence-electron chi connectivity index (χ2n) is 2.92. The molecule has 0 aromatic rings. The molecule has 0 aliphatic heterocycles. The predicted molar refractivity (Wildman–Crippen MR) is 54.2 cm³/mol. The fraction of sp³-hybridized carbons (Fsp3) is 0.636. The van der Waals surface area contributed by atoms with E-state index in [0.717, 1.165) is 12.8 Å². The first kappa shape index (κ1) is 12.2. The molecule has 0 unspecified atom stereocenters. The molecule has 0 saturated heterocycles. The average Bonchev–Trinajstić information content (AvgIpc) is 2.14. The molecular weight excluding hydrogens is 164 g/mol. The maximum atomic E-state index is 10.9. The van der Waals surface area contributed by atoms with Crippen LogP contribution in [0.15, 0.2) is 12.2 Å². The number of rotatable bonds is 7. The van der Waals surface area contributed by atoms with E-state index in [0.29, 0.717) is 6.61 Å². The second-order valence-corrected chi connectivity index (χ2v) is 2.92. The number of allylic oxidation sites excluding steroid dienone is 1. The lowest BCUT2D eigenvalue weighted by Crippen LogP contribution is -2.02. The summed E-state index contributed by atoms with van der Waals surface area (Å²) < 4.78 is 4.94. The first-order valence-electron chi connectivity index (χ1n) is 4.94. The molecule has 2 nitrogen and oxygen atoms in total. The summed E-state index contributed by atoms with van der Waals surface area (Å²) in [6, 6.07) is 0. The fourth-order valence-corrected chi connectivity index (χ4v) is 0.925. The molecule has 0 saturated carbocycles. The van der Waals surface area contributed by atoms with Gasteiger partial charge < -0.3 is 4.74 Å². The van der Waals surface area contributed by atoms with Gasteiger partial charge in [-0.25, -0.2) is 4.79 Å². The monoisotopic (exact) mass is 183 g/mol. The second kappa shape index (κ2) is 9.30. The lowest BCUT2D eigenvalue weighted by molar-refractivity contribution is -0.137. The largest absolute Gasteiger partial charge is 0.463 e. The van der Waals surface area contributed by atoms with Crippen molar-refractivity contribution in [2.24, 2.45) is 0 Å². The molecule has 0 aromatic heterocycles. The molecule has 0 heterocycles. The topological polar surface area (TPSA) is 26.3 Å². The highest BCUT2D eigenvalue weighted by Crippen LogP contribution is 1.99. The van der Waals surface area contributed by atoms with Crippen LogP contribution in [0, 0.1) is 6.42 Å². The minimum Gasteiger partial charge on any atom is -0.463 e. The summed E-state index contributed by atoms with van der Waals surface area (Å²) in [5.41, 5.74) is 0. The predicted octanol–water partition coefficient (Wildman–Crippen LogP) is 2.89. The van der Waals surface area contributed by atoms with Crippen molar-refractivity contribution in [2.45, 2.75) is 39.5 Å².